The average Bonchev–Trinajstić information content (AvgIpc) is 2.96. The Labute approximate surface area is 93.1 Å². The van der Waals surface area contributed by atoms with Crippen molar-refractivity contribution < 1.29 is 9.90 Å². The Morgan fingerprint density at radius 2 is 2.13 bits per heavy atom. The molecule has 0 radical (unpaired) electrons. The number of hydrogen-bond donors (Lipinski definition) is 2. The second-order valence-corrected chi connectivity index (χ2v) is 4.26. The van der Waals surface area contributed by atoms with E-state index in [0.717, 1.165) is 18.7 Å². The van der Waals surface area contributed by atoms with Crippen LogP contribution in [-0.4, -0.2) is 17.6 Å². The number of carboxylic acid groups (broad SMARTS) is 1. The molecule has 1 aromatic carbocycles. The van der Waals surface area contributed by atoms with Gasteiger partial charge in [0.05, 0.1) is 5.92 Å². The van der Waals surface area contributed by atoms with Gasteiger partial charge in [0.15, 0.2) is 0 Å². The number of hydrogen-bond acceptors (Lipinski definition) is 2. The fourth-order valence-electron chi connectivity index (χ4n) is 1.59. The molecule has 0 amide bonds. The Balaban J connectivity index is 1.80. The summed E-state index contributed by atoms with van der Waals surface area (Å²) < 4.78 is 0. The molecule has 0 aromatic heterocycles. The normalized spacial score (nSPS) is 23.5. The molecule has 1 aromatic rings. The van der Waals surface area contributed by atoms with Crippen LogP contribution in [-0.2, 0) is 4.79 Å². The third kappa shape index (κ3) is 2.63. The first kappa shape index (κ1) is 10.3. The predicted octanol–water partition coefficient (Wildman–Crippen LogP) is 2.47. The van der Waals surface area contributed by atoms with Crippen molar-refractivity contribution in [3.63, 3.8) is 0 Å². The van der Waals surface area contributed by atoms with Gasteiger partial charge in [-0.25, -0.2) is 0 Å². The molecule has 2 unspecified atom stereocenters. The Bertz CT molecular complexity index is 363. The van der Waals surface area contributed by atoms with Crippen LogP contribution in [0, 0.1) is 11.8 Å². The molecule has 2 N–H and O–H groups in total. The zero-order valence-electron chi connectivity index (χ0n) is 8.11. The molecule has 80 valence electrons. The van der Waals surface area contributed by atoms with E-state index in [0.29, 0.717) is 5.02 Å². The molecule has 0 spiro atoms. The maximum atomic E-state index is 10.6. The topological polar surface area (TPSA) is 49.3 Å². The molecule has 3 nitrogen and oxygen atoms in total. The van der Waals surface area contributed by atoms with E-state index in [2.05, 4.69) is 5.32 Å². The summed E-state index contributed by atoms with van der Waals surface area (Å²) in [5.41, 5.74) is 0.982. The van der Waals surface area contributed by atoms with E-state index in [1.807, 2.05) is 24.3 Å². The van der Waals surface area contributed by atoms with Gasteiger partial charge < -0.3 is 10.4 Å². The summed E-state index contributed by atoms with van der Waals surface area (Å²) in [7, 11) is 0. The van der Waals surface area contributed by atoms with Crippen LogP contribution >= 0.6 is 11.6 Å². The van der Waals surface area contributed by atoms with Crippen molar-refractivity contribution in [2.24, 2.45) is 11.8 Å². The summed E-state index contributed by atoms with van der Waals surface area (Å²) in [4.78, 5) is 10.6. The van der Waals surface area contributed by atoms with Crippen LogP contribution in [0.4, 0.5) is 5.69 Å². The SMILES string of the molecule is O=C(O)C1CC1CNc1ccc(Cl)cc1. The van der Waals surface area contributed by atoms with Gasteiger partial charge in [0.25, 0.3) is 0 Å². The number of rotatable bonds is 4. The molecular formula is C11H12ClNO2. The number of carbonyl (C=O) groups is 1. The molecule has 0 bridgehead atoms. The third-order valence-corrected chi connectivity index (χ3v) is 2.90. The summed E-state index contributed by atoms with van der Waals surface area (Å²) in [6.07, 6.45) is 0.788. The lowest BCUT2D eigenvalue weighted by Gasteiger charge is -2.04. The van der Waals surface area contributed by atoms with Gasteiger partial charge in [-0.2, -0.15) is 0 Å². The summed E-state index contributed by atoms with van der Waals surface area (Å²) >= 11 is 5.75. The monoisotopic (exact) mass is 225 g/mol. The average molecular weight is 226 g/mol. The van der Waals surface area contributed by atoms with Crippen molar-refractivity contribution >= 4 is 23.3 Å². The Hall–Kier alpha value is -1.22. The molecule has 15 heavy (non-hydrogen) atoms. The summed E-state index contributed by atoms with van der Waals surface area (Å²) in [5.74, 6) is -0.555. The minimum absolute atomic E-state index is 0.148. The lowest BCUT2D eigenvalue weighted by Crippen LogP contribution is -2.08. The van der Waals surface area contributed by atoms with Gasteiger partial charge in [-0.15, -0.1) is 0 Å². The Morgan fingerprint density at radius 1 is 1.47 bits per heavy atom. The van der Waals surface area contributed by atoms with Crippen molar-refractivity contribution in [3.05, 3.63) is 29.3 Å². The minimum atomic E-state index is -0.682. The Morgan fingerprint density at radius 3 is 2.67 bits per heavy atom. The van der Waals surface area contributed by atoms with Crippen LogP contribution in [0.15, 0.2) is 24.3 Å². The lowest BCUT2D eigenvalue weighted by atomic mass is 10.3. The van der Waals surface area contributed by atoms with E-state index in [-0.39, 0.29) is 11.8 Å². The Kier molecular flexibility index (Phi) is 2.82. The fraction of sp³-hybridized carbons (Fsp3) is 0.364. The van der Waals surface area contributed by atoms with E-state index >= 15 is 0 Å². The zero-order chi connectivity index (χ0) is 10.8. The van der Waals surface area contributed by atoms with Crippen LogP contribution in [0.5, 0.6) is 0 Å². The fourth-order valence-corrected chi connectivity index (χ4v) is 1.72. The standard InChI is InChI=1S/C11H12ClNO2/c12-8-1-3-9(4-2-8)13-6-7-5-10(7)11(14)15/h1-4,7,10,13H,5-6H2,(H,14,15). The first-order valence-electron chi connectivity index (χ1n) is 4.89. The molecule has 0 saturated heterocycles. The van der Waals surface area contributed by atoms with Crippen molar-refractivity contribution in [3.8, 4) is 0 Å². The third-order valence-electron chi connectivity index (χ3n) is 2.65. The smallest absolute Gasteiger partial charge is 0.306 e. The second kappa shape index (κ2) is 4.11. The lowest BCUT2D eigenvalue weighted by molar-refractivity contribution is -0.138. The number of anilines is 1. The summed E-state index contributed by atoms with van der Waals surface area (Å²) in [6, 6.07) is 7.40. The highest BCUT2D eigenvalue weighted by Gasteiger charge is 2.42. The van der Waals surface area contributed by atoms with Gasteiger partial charge in [0, 0.05) is 17.3 Å². The van der Waals surface area contributed by atoms with E-state index < -0.39 is 5.97 Å². The number of benzene rings is 1. The van der Waals surface area contributed by atoms with Gasteiger partial charge in [0.2, 0.25) is 0 Å². The number of nitrogens with one attached hydrogen (secondary N) is 1. The molecule has 4 heteroatoms. The number of carboxylic acids is 1. The summed E-state index contributed by atoms with van der Waals surface area (Å²) in [5, 5.41) is 12.6. The van der Waals surface area contributed by atoms with Crippen molar-refractivity contribution in [1.82, 2.24) is 0 Å². The molecule has 2 atom stereocenters. The van der Waals surface area contributed by atoms with Crippen molar-refractivity contribution in [2.75, 3.05) is 11.9 Å². The van der Waals surface area contributed by atoms with E-state index in [1.54, 1.807) is 0 Å². The molecule has 1 aliphatic carbocycles. The zero-order valence-corrected chi connectivity index (χ0v) is 8.87. The molecule has 2 rings (SSSR count). The van der Waals surface area contributed by atoms with Gasteiger partial charge in [-0.05, 0) is 36.6 Å². The van der Waals surface area contributed by atoms with Gasteiger partial charge in [0.1, 0.15) is 0 Å². The number of halogens is 1. The molecule has 1 fully saturated rings. The minimum Gasteiger partial charge on any atom is -0.481 e. The maximum absolute atomic E-state index is 10.6. The molecule has 0 aliphatic heterocycles. The number of aliphatic carboxylic acids is 1. The first-order valence-corrected chi connectivity index (χ1v) is 5.27. The van der Waals surface area contributed by atoms with Gasteiger partial charge in [-0.3, -0.25) is 4.79 Å². The predicted molar refractivity (Wildman–Crippen MR) is 59.2 cm³/mol. The molecule has 1 saturated carbocycles. The van der Waals surface area contributed by atoms with E-state index in [9.17, 15) is 4.79 Å². The first-order chi connectivity index (χ1) is 7.16. The highest BCUT2D eigenvalue weighted by Crippen LogP contribution is 2.38. The van der Waals surface area contributed by atoms with E-state index in [4.69, 9.17) is 16.7 Å². The summed E-state index contributed by atoms with van der Waals surface area (Å²) in [6.45, 7) is 0.721. The van der Waals surface area contributed by atoms with Gasteiger partial charge in [-0.1, -0.05) is 11.6 Å². The largest absolute Gasteiger partial charge is 0.481 e. The van der Waals surface area contributed by atoms with Crippen molar-refractivity contribution in [2.45, 2.75) is 6.42 Å². The van der Waals surface area contributed by atoms with Gasteiger partial charge >= 0.3 is 5.97 Å². The second-order valence-electron chi connectivity index (χ2n) is 3.83. The van der Waals surface area contributed by atoms with Crippen LogP contribution in [0.2, 0.25) is 5.02 Å². The molecular weight excluding hydrogens is 214 g/mol. The highest BCUT2D eigenvalue weighted by atomic mass is 35.5. The quantitative estimate of drug-likeness (QED) is 0.828. The van der Waals surface area contributed by atoms with Crippen molar-refractivity contribution in [1.29, 1.82) is 0 Å². The van der Waals surface area contributed by atoms with E-state index in [1.165, 1.54) is 0 Å². The highest BCUT2D eigenvalue weighted by molar-refractivity contribution is 6.30. The molecule has 0 heterocycles. The molecule has 1 aliphatic rings. The van der Waals surface area contributed by atoms with Crippen LogP contribution in [0.1, 0.15) is 6.42 Å². The van der Waals surface area contributed by atoms with Crippen LogP contribution in [0.3, 0.4) is 0 Å². The maximum Gasteiger partial charge on any atom is 0.306 e. The van der Waals surface area contributed by atoms with Crippen LogP contribution < -0.4 is 5.32 Å². The van der Waals surface area contributed by atoms with Crippen LogP contribution in [0.25, 0.3) is 0 Å².